The van der Waals surface area contributed by atoms with Crippen molar-refractivity contribution in [2.24, 2.45) is 0 Å². The van der Waals surface area contributed by atoms with E-state index in [1.54, 1.807) is 0 Å². The standard InChI is InChI=1S/C20H24N4/c1-14-11-15(2)24-13-17(22-20(24)21-14)12-23(3)19-10-6-8-16-7-4-5-9-18(16)19/h4-5,7,9,11,13,19H,6,8,10,12H2,1-3H3/t19-/m0/s1. The van der Waals surface area contributed by atoms with Crippen molar-refractivity contribution in [2.45, 2.75) is 45.7 Å². The van der Waals surface area contributed by atoms with Gasteiger partial charge in [0.1, 0.15) is 0 Å². The lowest BCUT2D eigenvalue weighted by atomic mass is 9.87. The van der Waals surface area contributed by atoms with Crippen molar-refractivity contribution in [1.82, 2.24) is 19.3 Å². The molecular formula is C20H24N4. The lowest BCUT2D eigenvalue weighted by Gasteiger charge is -2.32. The predicted molar refractivity (Wildman–Crippen MR) is 96.0 cm³/mol. The molecule has 1 aliphatic carbocycles. The van der Waals surface area contributed by atoms with E-state index < -0.39 is 0 Å². The lowest BCUT2D eigenvalue weighted by molar-refractivity contribution is 0.211. The van der Waals surface area contributed by atoms with Crippen molar-refractivity contribution >= 4 is 5.78 Å². The van der Waals surface area contributed by atoms with Crippen LogP contribution in [0.1, 0.15) is 47.1 Å². The molecule has 1 atom stereocenters. The van der Waals surface area contributed by atoms with E-state index in [-0.39, 0.29) is 0 Å². The van der Waals surface area contributed by atoms with Crippen molar-refractivity contribution in [3.63, 3.8) is 0 Å². The van der Waals surface area contributed by atoms with Crippen molar-refractivity contribution in [3.05, 3.63) is 64.7 Å². The molecule has 2 heterocycles. The summed E-state index contributed by atoms with van der Waals surface area (Å²) >= 11 is 0. The number of aryl methyl sites for hydroxylation is 3. The second-order valence-corrected chi connectivity index (χ2v) is 6.96. The van der Waals surface area contributed by atoms with Gasteiger partial charge in [0, 0.05) is 30.2 Å². The summed E-state index contributed by atoms with van der Waals surface area (Å²) in [7, 11) is 2.21. The topological polar surface area (TPSA) is 33.4 Å². The second-order valence-electron chi connectivity index (χ2n) is 6.96. The Hall–Kier alpha value is -2.20. The molecule has 0 bridgehead atoms. The molecule has 0 amide bonds. The number of rotatable bonds is 3. The Labute approximate surface area is 143 Å². The van der Waals surface area contributed by atoms with E-state index in [2.05, 4.69) is 64.8 Å². The maximum Gasteiger partial charge on any atom is 0.234 e. The minimum absolute atomic E-state index is 0.482. The molecule has 4 nitrogen and oxygen atoms in total. The minimum Gasteiger partial charge on any atom is -0.293 e. The van der Waals surface area contributed by atoms with Crippen LogP contribution in [0, 0.1) is 13.8 Å². The van der Waals surface area contributed by atoms with Crippen LogP contribution in [0.15, 0.2) is 36.5 Å². The first kappa shape index (κ1) is 15.3. The Balaban J connectivity index is 1.61. The summed E-state index contributed by atoms with van der Waals surface area (Å²) in [6.07, 6.45) is 5.81. The highest BCUT2D eigenvalue weighted by Crippen LogP contribution is 2.34. The Kier molecular flexibility index (Phi) is 3.85. The molecule has 4 heteroatoms. The molecule has 0 spiro atoms. The zero-order valence-electron chi connectivity index (χ0n) is 14.7. The van der Waals surface area contributed by atoms with E-state index in [0.717, 1.165) is 23.7 Å². The molecule has 2 aromatic heterocycles. The van der Waals surface area contributed by atoms with E-state index in [1.165, 1.54) is 36.1 Å². The third kappa shape index (κ3) is 2.71. The molecule has 0 saturated carbocycles. The van der Waals surface area contributed by atoms with Gasteiger partial charge in [-0.2, -0.15) is 0 Å². The average Bonchev–Trinajstić information content (AvgIpc) is 2.97. The normalized spacial score (nSPS) is 17.4. The molecule has 1 aliphatic rings. The molecule has 0 saturated heterocycles. The molecule has 0 N–H and O–H groups in total. The molecule has 1 aromatic carbocycles. The molecule has 0 fully saturated rings. The largest absolute Gasteiger partial charge is 0.293 e. The van der Waals surface area contributed by atoms with Crippen LogP contribution < -0.4 is 0 Å². The van der Waals surface area contributed by atoms with Gasteiger partial charge in [-0.05, 0) is 57.4 Å². The third-order valence-electron chi connectivity index (χ3n) is 5.09. The fourth-order valence-corrected chi connectivity index (χ4v) is 3.95. The summed E-state index contributed by atoms with van der Waals surface area (Å²) in [6.45, 7) is 4.97. The predicted octanol–water partition coefficient (Wildman–Crippen LogP) is 3.86. The monoisotopic (exact) mass is 320 g/mol. The zero-order valence-corrected chi connectivity index (χ0v) is 14.7. The van der Waals surface area contributed by atoms with E-state index >= 15 is 0 Å². The number of fused-ring (bicyclic) bond motifs is 2. The van der Waals surface area contributed by atoms with Crippen LogP contribution in [-0.4, -0.2) is 26.3 Å². The van der Waals surface area contributed by atoms with E-state index in [1.807, 2.05) is 6.92 Å². The van der Waals surface area contributed by atoms with Gasteiger partial charge < -0.3 is 0 Å². The SMILES string of the molecule is Cc1cc(C)n2cc(CN(C)[C@H]3CCCc4ccccc43)nc2n1. The molecule has 0 unspecified atom stereocenters. The number of hydrogen-bond acceptors (Lipinski definition) is 3. The molecule has 3 aromatic rings. The summed E-state index contributed by atoms with van der Waals surface area (Å²) in [4.78, 5) is 11.7. The smallest absolute Gasteiger partial charge is 0.234 e. The Morgan fingerprint density at radius 2 is 2.04 bits per heavy atom. The second kappa shape index (κ2) is 6.02. The maximum absolute atomic E-state index is 4.74. The zero-order chi connectivity index (χ0) is 16.7. The number of aromatic nitrogens is 3. The number of nitrogens with zero attached hydrogens (tertiary/aromatic N) is 4. The molecular weight excluding hydrogens is 296 g/mol. The first-order chi connectivity index (χ1) is 11.6. The number of hydrogen-bond donors (Lipinski definition) is 0. The highest BCUT2D eigenvalue weighted by atomic mass is 15.2. The van der Waals surface area contributed by atoms with Crippen LogP contribution in [0.25, 0.3) is 5.78 Å². The van der Waals surface area contributed by atoms with Gasteiger partial charge >= 0.3 is 0 Å². The number of benzene rings is 1. The Morgan fingerprint density at radius 1 is 1.21 bits per heavy atom. The van der Waals surface area contributed by atoms with Crippen LogP contribution in [0.2, 0.25) is 0 Å². The molecule has 0 aliphatic heterocycles. The quantitative estimate of drug-likeness (QED) is 0.735. The summed E-state index contributed by atoms with van der Waals surface area (Å²) in [5.41, 5.74) is 6.28. The van der Waals surface area contributed by atoms with Gasteiger partial charge in [-0.1, -0.05) is 24.3 Å². The van der Waals surface area contributed by atoms with Crippen molar-refractivity contribution < 1.29 is 0 Å². The Bertz CT molecular complexity index is 880. The van der Waals surface area contributed by atoms with Gasteiger partial charge in [-0.3, -0.25) is 9.30 Å². The maximum atomic E-state index is 4.74. The fourth-order valence-electron chi connectivity index (χ4n) is 3.95. The van der Waals surface area contributed by atoms with Crippen LogP contribution in [0.5, 0.6) is 0 Å². The lowest BCUT2D eigenvalue weighted by Crippen LogP contribution is -2.27. The summed E-state index contributed by atoms with van der Waals surface area (Å²) in [6, 6.07) is 11.5. The van der Waals surface area contributed by atoms with Gasteiger partial charge in [-0.15, -0.1) is 0 Å². The van der Waals surface area contributed by atoms with Gasteiger partial charge in [0.25, 0.3) is 0 Å². The molecule has 0 radical (unpaired) electrons. The molecule has 4 rings (SSSR count). The first-order valence-electron chi connectivity index (χ1n) is 8.72. The molecule has 24 heavy (non-hydrogen) atoms. The summed E-state index contributed by atoms with van der Waals surface area (Å²) in [5, 5.41) is 0. The third-order valence-corrected chi connectivity index (χ3v) is 5.09. The van der Waals surface area contributed by atoms with Gasteiger partial charge in [0.05, 0.1) is 5.69 Å². The summed E-state index contributed by atoms with van der Waals surface area (Å²) in [5.74, 6) is 0.806. The van der Waals surface area contributed by atoms with E-state index in [4.69, 9.17) is 4.98 Å². The van der Waals surface area contributed by atoms with Gasteiger partial charge in [0.15, 0.2) is 0 Å². The van der Waals surface area contributed by atoms with Gasteiger partial charge in [0.2, 0.25) is 5.78 Å². The van der Waals surface area contributed by atoms with Crippen LogP contribution in [0.4, 0.5) is 0 Å². The number of imidazole rings is 1. The first-order valence-corrected chi connectivity index (χ1v) is 8.72. The molecule has 124 valence electrons. The highest BCUT2D eigenvalue weighted by Gasteiger charge is 2.24. The fraction of sp³-hybridized carbons (Fsp3) is 0.400. The highest BCUT2D eigenvalue weighted by molar-refractivity contribution is 5.35. The van der Waals surface area contributed by atoms with Crippen LogP contribution in [-0.2, 0) is 13.0 Å². The van der Waals surface area contributed by atoms with Crippen molar-refractivity contribution in [2.75, 3.05) is 7.05 Å². The average molecular weight is 320 g/mol. The van der Waals surface area contributed by atoms with Gasteiger partial charge in [-0.25, -0.2) is 9.97 Å². The van der Waals surface area contributed by atoms with E-state index in [0.29, 0.717) is 6.04 Å². The van der Waals surface area contributed by atoms with E-state index in [9.17, 15) is 0 Å². The Morgan fingerprint density at radius 3 is 2.92 bits per heavy atom. The van der Waals surface area contributed by atoms with Crippen molar-refractivity contribution in [1.29, 1.82) is 0 Å². The minimum atomic E-state index is 0.482. The van der Waals surface area contributed by atoms with Crippen LogP contribution >= 0.6 is 0 Å². The van der Waals surface area contributed by atoms with Crippen molar-refractivity contribution in [3.8, 4) is 0 Å². The summed E-state index contributed by atoms with van der Waals surface area (Å²) < 4.78 is 2.09. The van der Waals surface area contributed by atoms with Crippen LogP contribution in [0.3, 0.4) is 0 Å².